The van der Waals surface area contributed by atoms with Gasteiger partial charge in [0.05, 0.1) is 6.04 Å². The molecule has 0 aliphatic heterocycles. The van der Waals surface area contributed by atoms with Crippen molar-refractivity contribution in [3.8, 4) is 0 Å². The molecule has 3 aliphatic rings. The normalized spacial score (nSPS) is 42.9. The fourth-order valence-electron chi connectivity index (χ4n) is 4.97. The third kappa shape index (κ3) is 1.97. The Hall–Kier alpha value is -0.570. The number of nitrogens with two attached hydrogens (primary N) is 1. The van der Waals surface area contributed by atoms with Crippen molar-refractivity contribution in [1.82, 2.24) is 5.32 Å². The second kappa shape index (κ2) is 4.84. The maximum absolute atomic E-state index is 12.0. The number of carbonyl (C=O) groups is 1. The minimum absolute atomic E-state index is 0.0870. The van der Waals surface area contributed by atoms with E-state index in [9.17, 15) is 4.79 Å². The summed E-state index contributed by atoms with van der Waals surface area (Å²) in [6.07, 6.45) is 8.63. The van der Waals surface area contributed by atoms with Crippen molar-refractivity contribution in [3.63, 3.8) is 0 Å². The fraction of sp³-hybridized carbons (Fsp3) is 0.933. The highest BCUT2D eigenvalue weighted by Crippen LogP contribution is 2.58. The smallest absolute Gasteiger partial charge is 0.237 e. The van der Waals surface area contributed by atoms with E-state index in [0.717, 1.165) is 36.5 Å². The first kappa shape index (κ1) is 12.5. The summed E-state index contributed by atoms with van der Waals surface area (Å²) in [5, 5.41) is 3.24. The Labute approximate surface area is 110 Å². The number of rotatable bonds is 4. The topological polar surface area (TPSA) is 55.1 Å². The molecular formula is C15H26N2O. The third-order valence-corrected chi connectivity index (χ3v) is 5.69. The van der Waals surface area contributed by atoms with Crippen molar-refractivity contribution in [1.29, 1.82) is 0 Å². The summed E-state index contributed by atoms with van der Waals surface area (Å²) < 4.78 is 0. The quantitative estimate of drug-likeness (QED) is 0.802. The van der Waals surface area contributed by atoms with Crippen molar-refractivity contribution >= 4 is 5.91 Å². The molecule has 0 aromatic carbocycles. The van der Waals surface area contributed by atoms with Crippen LogP contribution in [0.1, 0.15) is 51.9 Å². The lowest BCUT2D eigenvalue weighted by atomic mass is 9.79. The van der Waals surface area contributed by atoms with E-state index in [0.29, 0.717) is 6.04 Å². The van der Waals surface area contributed by atoms with Crippen molar-refractivity contribution in [2.75, 3.05) is 0 Å². The molecule has 3 saturated carbocycles. The van der Waals surface area contributed by atoms with Gasteiger partial charge in [0.25, 0.3) is 0 Å². The molecule has 1 amide bonds. The minimum atomic E-state index is -0.298. The van der Waals surface area contributed by atoms with Gasteiger partial charge in [0.15, 0.2) is 0 Å². The lowest BCUT2D eigenvalue weighted by Crippen LogP contribution is -2.48. The standard InChI is InChI=1S/C15H26N2O/c1-2-4-13(16)15(18)17-14-8-9-7-12(14)11-6-3-5-10(9)11/h9-14H,2-8,16H2,1H3,(H,17,18)/t9?,10?,11?,12?,13-,14?/m0/s1. The summed E-state index contributed by atoms with van der Waals surface area (Å²) in [5.41, 5.74) is 5.90. The minimum Gasteiger partial charge on any atom is -0.352 e. The molecule has 3 rings (SSSR count). The summed E-state index contributed by atoms with van der Waals surface area (Å²) in [7, 11) is 0. The van der Waals surface area contributed by atoms with Gasteiger partial charge in [0.1, 0.15) is 0 Å². The van der Waals surface area contributed by atoms with Gasteiger partial charge in [0.2, 0.25) is 5.91 Å². The van der Waals surface area contributed by atoms with Crippen LogP contribution < -0.4 is 11.1 Å². The Kier molecular flexibility index (Phi) is 3.35. The fourth-order valence-corrected chi connectivity index (χ4v) is 4.97. The van der Waals surface area contributed by atoms with Crippen LogP contribution in [0, 0.1) is 23.7 Å². The molecule has 2 bridgehead atoms. The van der Waals surface area contributed by atoms with Gasteiger partial charge >= 0.3 is 0 Å². The van der Waals surface area contributed by atoms with Gasteiger partial charge in [-0.05, 0) is 55.8 Å². The van der Waals surface area contributed by atoms with Crippen LogP contribution in [0.25, 0.3) is 0 Å². The number of fused-ring (bicyclic) bond motifs is 5. The van der Waals surface area contributed by atoms with Gasteiger partial charge < -0.3 is 11.1 Å². The van der Waals surface area contributed by atoms with Crippen LogP contribution in [0.3, 0.4) is 0 Å². The highest BCUT2D eigenvalue weighted by atomic mass is 16.2. The van der Waals surface area contributed by atoms with Crippen LogP contribution in [0.2, 0.25) is 0 Å². The van der Waals surface area contributed by atoms with E-state index in [-0.39, 0.29) is 11.9 Å². The highest BCUT2D eigenvalue weighted by Gasteiger charge is 2.54. The SMILES string of the molecule is CCC[C@H](N)C(=O)NC1CC2CC1C1CCCC21. The van der Waals surface area contributed by atoms with Gasteiger partial charge in [-0.15, -0.1) is 0 Å². The molecule has 6 atom stereocenters. The molecule has 18 heavy (non-hydrogen) atoms. The second-order valence-corrected chi connectivity index (χ2v) is 6.66. The molecule has 3 heteroatoms. The van der Waals surface area contributed by atoms with Gasteiger partial charge in [-0.3, -0.25) is 4.79 Å². The Morgan fingerprint density at radius 2 is 2.06 bits per heavy atom. The van der Waals surface area contributed by atoms with E-state index in [4.69, 9.17) is 5.73 Å². The Balaban J connectivity index is 1.58. The van der Waals surface area contributed by atoms with E-state index < -0.39 is 0 Å². The molecule has 3 N–H and O–H groups in total. The molecule has 3 fully saturated rings. The second-order valence-electron chi connectivity index (χ2n) is 6.66. The maximum Gasteiger partial charge on any atom is 0.237 e. The molecule has 3 nitrogen and oxygen atoms in total. The van der Waals surface area contributed by atoms with E-state index in [1.807, 2.05) is 0 Å². The molecule has 0 aromatic heterocycles. The van der Waals surface area contributed by atoms with E-state index in [2.05, 4.69) is 12.2 Å². The lowest BCUT2D eigenvalue weighted by Gasteiger charge is -2.32. The van der Waals surface area contributed by atoms with Gasteiger partial charge in [-0.25, -0.2) is 0 Å². The first-order chi connectivity index (χ1) is 8.70. The predicted molar refractivity (Wildman–Crippen MR) is 71.9 cm³/mol. The van der Waals surface area contributed by atoms with E-state index >= 15 is 0 Å². The van der Waals surface area contributed by atoms with Crippen LogP contribution >= 0.6 is 0 Å². The number of hydrogen-bond acceptors (Lipinski definition) is 2. The average molecular weight is 250 g/mol. The summed E-state index contributed by atoms with van der Waals surface area (Å²) in [5.74, 6) is 3.66. The first-order valence-corrected chi connectivity index (χ1v) is 7.76. The Bertz CT molecular complexity index is 330. The molecule has 0 spiro atoms. The van der Waals surface area contributed by atoms with Crippen LogP contribution in [0.5, 0.6) is 0 Å². The Morgan fingerprint density at radius 1 is 1.28 bits per heavy atom. The lowest BCUT2D eigenvalue weighted by molar-refractivity contribution is -0.123. The largest absolute Gasteiger partial charge is 0.352 e. The van der Waals surface area contributed by atoms with Gasteiger partial charge in [-0.2, -0.15) is 0 Å². The van der Waals surface area contributed by atoms with E-state index in [1.54, 1.807) is 0 Å². The maximum atomic E-state index is 12.0. The molecule has 0 heterocycles. The highest BCUT2D eigenvalue weighted by molar-refractivity contribution is 5.81. The monoisotopic (exact) mass is 250 g/mol. The van der Waals surface area contributed by atoms with Crippen LogP contribution in [-0.4, -0.2) is 18.0 Å². The molecule has 0 radical (unpaired) electrons. The summed E-state index contributed by atoms with van der Waals surface area (Å²) >= 11 is 0. The van der Waals surface area contributed by atoms with Crippen LogP contribution in [-0.2, 0) is 4.79 Å². The van der Waals surface area contributed by atoms with Gasteiger partial charge in [-0.1, -0.05) is 19.8 Å². The van der Waals surface area contributed by atoms with Crippen molar-refractivity contribution in [3.05, 3.63) is 0 Å². The van der Waals surface area contributed by atoms with E-state index in [1.165, 1.54) is 32.1 Å². The van der Waals surface area contributed by atoms with Crippen LogP contribution in [0.15, 0.2) is 0 Å². The third-order valence-electron chi connectivity index (χ3n) is 5.69. The Morgan fingerprint density at radius 3 is 2.83 bits per heavy atom. The average Bonchev–Trinajstić information content (AvgIpc) is 3.00. The van der Waals surface area contributed by atoms with Crippen LogP contribution in [0.4, 0.5) is 0 Å². The zero-order valence-corrected chi connectivity index (χ0v) is 11.4. The number of amides is 1. The molecular weight excluding hydrogens is 224 g/mol. The molecule has 3 aliphatic carbocycles. The number of nitrogens with one attached hydrogen (secondary N) is 1. The molecule has 102 valence electrons. The summed E-state index contributed by atoms with van der Waals surface area (Å²) in [4.78, 5) is 12.0. The number of carbonyl (C=O) groups excluding carboxylic acids is 1. The summed E-state index contributed by atoms with van der Waals surface area (Å²) in [6, 6.07) is 0.137. The zero-order valence-electron chi connectivity index (χ0n) is 11.4. The van der Waals surface area contributed by atoms with Crippen molar-refractivity contribution in [2.45, 2.75) is 64.0 Å². The number of hydrogen-bond donors (Lipinski definition) is 2. The summed E-state index contributed by atoms with van der Waals surface area (Å²) in [6.45, 7) is 2.08. The molecule has 5 unspecified atom stereocenters. The van der Waals surface area contributed by atoms with Gasteiger partial charge in [0, 0.05) is 6.04 Å². The molecule has 0 saturated heterocycles. The first-order valence-electron chi connectivity index (χ1n) is 7.76. The zero-order chi connectivity index (χ0) is 12.7. The van der Waals surface area contributed by atoms with Crippen molar-refractivity contribution in [2.24, 2.45) is 29.4 Å². The molecule has 0 aromatic rings. The predicted octanol–water partition coefficient (Wildman–Crippen LogP) is 2.05. The van der Waals surface area contributed by atoms with Crippen molar-refractivity contribution < 1.29 is 4.79 Å².